The lowest BCUT2D eigenvalue weighted by molar-refractivity contribution is 0.196. The summed E-state index contributed by atoms with van der Waals surface area (Å²) >= 11 is 0. The fourth-order valence-corrected chi connectivity index (χ4v) is 3.59. The van der Waals surface area contributed by atoms with Gasteiger partial charge in [-0.2, -0.15) is 0 Å². The summed E-state index contributed by atoms with van der Waals surface area (Å²) in [4.78, 5) is 2.58. The lowest BCUT2D eigenvalue weighted by atomic mass is 9.95. The van der Waals surface area contributed by atoms with Crippen molar-refractivity contribution in [2.45, 2.75) is 51.6 Å². The molecule has 3 heteroatoms. The summed E-state index contributed by atoms with van der Waals surface area (Å²) in [5.74, 6) is 1.79. The van der Waals surface area contributed by atoms with Gasteiger partial charge in [-0.3, -0.25) is 4.90 Å². The monoisotopic (exact) mass is 290 g/mol. The summed E-state index contributed by atoms with van der Waals surface area (Å²) in [5.41, 5.74) is 7.72. The molecule has 1 aromatic carbocycles. The molecule has 0 aliphatic carbocycles. The number of nitrogens with zero attached hydrogens (tertiary/aromatic N) is 1. The largest absolute Gasteiger partial charge is 0.496 e. The first-order chi connectivity index (χ1) is 10.2. The molecule has 0 bridgehead atoms. The van der Waals surface area contributed by atoms with Crippen molar-refractivity contribution >= 4 is 0 Å². The van der Waals surface area contributed by atoms with Gasteiger partial charge in [0.05, 0.1) is 13.2 Å². The van der Waals surface area contributed by atoms with E-state index in [0.717, 1.165) is 24.6 Å². The molecule has 1 fully saturated rings. The predicted molar refractivity (Wildman–Crippen MR) is 88.6 cm³/mol. The highest BCUT2D eigenvalue weighted by Crippen LogP contribution is 2.36. The van der Waals surface area contributed by atoms with Crippen LogP contribution in [-0.4, -0.2) is 31.1 Å². The number of likely N-dealkylation sites (tertiary alicyclic amines) is 1. The van der Waals surface area contributed by atoms with Gasteiger partial charge in [0.1, 0.15) is 5.75 Å². The maximum absolute atomic E-state index is 6.47. The number of rotatable bonds is 7. The second kappa shape index (κ2) is 7.81. The first-order valence-electron chi connectivity index (χ1n) is 8.33. The van der Waals surface area contributed by atoms with Crippen molar-refractivity contribution in [3.8, 4) is 5.75 Å². The van der Waals surface area contributed by atoms with Crippen molar-refractivity contribution in [3.63, 3.8) is 0 Å². The second-order valence-corrected chi connectivity index (χ2v) is 6.20. The van der Waals surface area contributed by atoms with Gasteiger partial charge in [0.2, 0.25) is 0 Å². The topological polar surface area (TPSA) is 38.5 Å². The molecule has 2 rings (SSSR count). The fraction of sp³-hybridized carbons (Fsp3) is 0.667. The van der Waals surface area contributed by atoms with Crippen LogP contribution >= 0.6 is 0 Å². The van der Waals surface area contributed by atoms with E-state index >= 15 is 0 Å². The number of benzene rings is 1. The molecule has 3 unspecified atom stereocenters. The molecule has 1 heterocycles. The van der Waals surface area contributed by atoms with Gasteiger partial charge in [0, 0.05) is 18.2 Å². The molecule has 0 spiro atoms. The Bertz CT molecular complexity index is 435. The molecule has 1 aliphatic heterocycles. The van der Waals surface area contributed by atoms with Crippen molar-refractivity contribution in [1.82, 2.24) is 4.90 Å². The number of para-hydroxylation sites is 1. The zero-order valence-electron chi connectivity index (χ0n) is 13.7. The van der Waals surface area contributed by atoms with Gasteiger partial charge in [-0.15, -0.1) is 0 Å². The summed E-state index contributed by atoms with van der Waals surface area (Å²) < 4.78 is 5.57. The van der Waals surface area contributed by atoms with Crippen molar-refractivity contribution < 1.29 is 4.74 Å². The third-order valence-corrected chi connectivity index (χ3v) is 4.74. The van der Waals surface area contributed by atoms with E-state index in [1.807, 2.05) is 12.1 Å². The molecule has 0 radical (unpaired) electrons. The lowest BCUT2D eigenvalue weighted by Crippen LogP contribution is -2.40. The van der Waals surface area contributed by atoms with E-state index < -0.39 is 0 Å². The second-order valence-electron chi connectivity index (χ2n) is 6.20. The van der Waals surface area contributed by atoms with Crippen LogP contribution in [0.1, 0.15) is 51.1 Å². The predicted octanol–water partition coefficient (Wildman–Crippen LogP) is 3.60. The van der Waals surface area contributed by atoms with E-state index in [4.69, 9.17) is 10.5 Å². The van der Waals surface area contributed by atoms with Crippen molar-refractivity contribution in [2.24, 2.45) is 11.7 Å². The van der Waals surface area contributed by atoms with Crippen LogP contribution in [0.3, 0.4) is 0 Å². The summed E-state index contributed by atoms with van der Waals surface area (Å²) in [6.07, 6.45) is 4.89. The Morgan fingerprint density at radius 2 is 2.10 bits per heavy atom. The Balaban J connectivity index is 2.23. The quantitative estimate of drug-likeness (QED) is 0.834. The molecule has 2 N–H and O–H groups in total. The summed E-state index contributed by atoms with van der Waals surface area (Å²) in [5, 5.41) is 0. The Morgan fingerprint density at radius 3 is 2.76 bits per heavy atom. The number of hydrogen-bond donors (Lipinski definition) is 1. The molecule has 1 aromatic rings. The van der Waals surface area contributed by atoms with Crippen molar-refractivity contribution in [2.75, 3.05) is 20.2 Å². The minimum Gasteiger partial charge on any atom is -0.496 e. The maximum Gasteiger partial charge on any atom is 0.123 e. The van der Waals surface area contributed by atoms with Gasteiger partial charge in [0.15, 0.2) is 0 Å². The van der Waals surface area contributed by atoms with Gasteiger partial charge in [0.25, 0.3) is 0 Å². The van der Waals surface area contributed by atoms with Crippen LogP contribution in [0.4, 0.5) is 0 Å². The third kappa shape index (κ3) is 3.78. The minimum atomic E-state index is 0.154. The van der Waals surface area contributed by atoms with E-state index in [0.29, 0.717) is 0 Å². The van der Waals surface area contributed by atoms with Crippen LogP contribution in [0.15, 0.2) is 24.3 Å². The highest BCUT2D eigenvalue weighted by atomic mass is 16.5. The normalized spacial score (nSPS) is 22.2. The molecule has 3 atom stereocenters. The lowest BCUT2D eigenvalue weighted by Gasteiger charge is -2.33. The number of hydrogen-bond acceptors (Lipinski definition) is 3. The molecule has 0 aromatic heterocycles. The summed E-state index contributed by atoms with van der Waals surface area (Å²) in [6.45, 7) is 6.77. The molecule has 1 aliphatic rings. The van der Waals surface area contributed by atoms with Gasteiger partial charge in [-0.1, -0.05) is 38.5 Å². The van der Waals surface area contributed by atoms with E-state index in [2.05, 4.69) is 30.9 Å². The molecular formula is C18H30N2O. The van der Waals surface area contributed by atoms with Crippen LogP contribution in [0, 0.1) is 5.92 Å². The first-order valence-corrected chi connectivity index (χ1v) is 8.33. The van der Waals surface area contributed by atoms with Crippen LogP contribution in [0.25, 0.3) is 0 Å². The van der Waals surface area contributed by atoms with Crippen LogP contribution in [0.5, 0.6) is 5.75 Å². The molecule has 1 saturated heterocycles. The summed E-state index contributed by atoms with van der Waals surface area (Å²) in [6, 6.07) is 8.76. The Morgan fingerprint density at radius 1 is 1.33 bits per heavy atom. The number of ether oxygens (including phenoxy) is 1. The van der Waals surface area contributed by atoms with E-state index in [1.165, 1.54) is 31.4 Å². The van der Waals surface area contributed by atoms with Gasteiger partial charge >= 0.3 is 0 Å². The van der Waals surface area contributed by atoms with E-state index in [9.17, 15) is 0 Å². The number of methoxy groups -OCH3 is 1. The van der Waals surface area contributed by atoms with E-state index in [-0.39, 0.29) is 12.1 Å². The van der Waals surface area contributed by atoms with Crippen LogP contribution in [-0.2, 0) is 0 Å². The average Bonchev–Trinajstić information content (AvgIpc) is 2.96. The zero-order chi connectivity index (χ0) is 15.2. The first kappa shape index (κ1) is 16.3. The Hall–Kier alpha value is -1.06. The smallest absolute Gasteiger partial charge is 0.123 e. The van der Waals surface area contributed by atoms with Crippen molar-refractivity contribution in [3.05, 3.63) is 29.8 Å². The zero-order valence-corrected chi connectivity index (χ0v) is 13.7. The van der Waals surface area contributed by atoms with Gasteiger partial charge in [-0.05, 0) is 37.8 Å². The maximum atomic E-state index is 6.47. The Labute approximate surface area is 129 Å². The van der Waals surface area contributed by atoms with Crippen LogP contribution in [0.2, 0.25) is 0 Å². The molecule has 0 saturated carbocycles. The highest BCUT2D eigenvalue weighted by Gasteiger charge is 2.33. The average molecular weight is 290 g/mol. The van der Waals surface area contributed by atoms with Crippen LogP contribution < -0.4 is 10.5 Å². The third-order valence-electron chi connectivity index (χ3n) is 4.74. The SMILES string of the molecule is CCCC1CCN(C(c2ccccc2OC)C(N)CC)C1. The van der Waals surface area contributed by atoms with Crippen molar-refractivity contribution in [1.29, 1.82) is 0 Å². The standard InChI is InChI=1S/C18H30N2O/c1-4-8-14-11-12-20(13-14)18(16(19)5-2)15-9-6-7-10-17(15)21-3/h6-7,9-10,14,16,18H,4-5,8,11-13,19H2,1-3H3. The minimum absolute atomic E-state index is 0.154. The van der Waals surface area contributed by atoms with Gasteiger partial charge in [-0.25, -0.2) is 0 Å². The molecular weight excluding hydrogens is 260 g/mol. The Kier molecular flexibility index (Phi) is 6.07. The molecule has 3 nitrogen and oxygen atoms in total. The number of nitrogens with two attached hydrogens (primary N) is 1. The highest BCUT2D eigenvalue weighted by molar-refractivity contribution is 5.37. The van der Waals surface area contributed by atoms with Gasteiger partial charge < -0.3 is 10.5 Å². The molecule has 118 valence electrons. The fourth-order valence-electron chi connectivity index (χ4n) is 3.59. The molecule has 21 heavy (non-hydrogen) atoms. The van der Waals surface area contributed by atoms with E-state index in [1.54, 1.807) is 7.11 Å². The summed E-state index contributed by atoms with van der Waals surface area (Å²) in [7, 11) is 1.75. The molecule has 0 amide bonds.